The monoisotopic (exact) mass is 421 g/mol. The zero-order valence-electron chi connectivity index (χ0n) is 17.1. The Morgan fingerprint density at radius 2 is 1.77 bits per heavy atom. The number of benzene rings is 2. The molecule has 0 fully saturated rings. The molecule has 0 radical (unpaired) electrons. The number of urea groups is 1. The van der Waals surface area contributed by atoms with Crippen LogP contribution in [0.1, 0.15) is 5.56 Å². The van der Waals surface area contributed by atoms with E-state index in [0.717, 1.165) is 22.2 Å². The predicted molar refractivity (Wildman–Crippen MR) is 122 cm³/mol. The summed E-state index contributed by atoms with van der Waals surface area (Å²) in [5.41, 5.74) is 3.94. The van der Waals surface area contributed by atoms with Crippen LogP contribution in [0.4, 0.5) is 10.5 Å². The first-order chi connectivity index (χ1) is 14.6. The van der Waals surface area contributed by atoms with E-state index in [1.54, 1.807) is 43.8 Å². The molecule has 2 aromatic heterocycles. The molecule has 0 unspecified atom stereocenters. The Morgan fingerprint density at radius 1 is 1.03 bits per heavy atom. The number of methoxy groups -OCH3 is 2. The second-order valence-corrected chi connectivity index (χ2v) is 7.74. The van der Waals surface area contributed by atoms with Gasteiger partial charge >= 0.3 is 6.03 Å². The number of aryl methyl sites for hydroxylation is 1. The van der Waals surface area contributed by atoms with Crippen molar-refractivity contribution in [3.8, 4) is 22.1 Å². The Kier molecular flexibility index (Phi) is 5.63. The number of nitrogens with one attached hydrogen (secondary N) is 2. The largest absolute Gasteiger partial charge is 0.497 e. The lowest BCUT2D eigenvalue weighted by Gasteiger charge is -2.12. The molecule has 4 rings (SSSR count). The van der Waals surface area contributed by atoms with Gasteiger partial charge in [0.15, 0.2) is 0 Å². The second kappa shape index (κ2) is 8.51. The number of ether oxygens (including phenoxy) is 2. The topological polar surface area (TPSA) is 64.5 Å². The van der Waals surface area contributed by atoms with Crippen molar-refractivity contribution in [2.75, 3.05) is 19.5 Å². The smallest absolute Gasteiger partial charge is 0.319 e. The molecule has 0 aliphatic carbocycles. The first-order valence-corrected chi connectivity index (χ1v) is 10.4. The van der Waals surface area contributed by atoms with Gasteiger partial charge in [0, 0.05) is 53.9 Å². The Morgan fingerprint density at radius 3 is 2.43 bits per heavy atom. The highest BCUT2D eigenvalue weighted by molar-refractivity contribution is 7.13. The number of para-hydroxylation sites is 1. The summed E-state index contributed by atoms with van der Waals surface area (Å²) in [4.78, 5) is 13.8. The second-order valence-electron chi connectivity index (χ2n) is 6.79. The summed E-state index contributed by atoms with van der Waals surface area (Å²) in [6.07, 6.45) is 0. The number of aromatic nitrogens is 1. The number of nitrogens with zero attached hydrogens (tertiary/aromatic N) is 1. The predicted octanol–water partition coefficient (Wildman–Crippen LogP) is 5.25. The molecule has 0 atom stereocenters. The molecule has 0 bridgehead atoms. The van der Waals surface area contributed by atoms with Crippen LogP contribution in [-0.4, -0.2) is 24.8 Å². The number of amides is 2. The number of rotatable bonds is 6. The maximum atomic E-state index is 12.6. The van der Waals surface area contributed by atoms with Crippen LogP contribution < -0.4 is 20.1 Å². The Labute approximate surface area is 179 Å². The van der Waals surface area contributed by atoms with Crippen molar-refractivity contribution in [2.45, 2.75) is 6.54 Å². The average molecular weight is 422 g/mol. The summed E-state index contributed by atoms with van der Waals surface area (Å²) in [7, 11) is 5.21. The number of fused-ring (bicyclic) bond motifs is 1. The Bertz CT molecular complexity index is 1160. The lowest BCUT2D eigenvalue weighted by molar-refractivity contribution is 0.252. The maximum Gasteiger partial charge on any atom is 0.319 e. The lowest BCUT2D eigenvalue weighted by atomic mass is 10.1. The molecule has 30 heavy (non-hydrogen) atoms. The quantitative estimate of drug-likeness (QED) is 0.447. The molecule has 0 aliphatic heterocycles. The fourth-order valence-corrected chi connectivity index (χ4v) is 4.43. The molecule has 0 spiro atoms. The van der Waals surface area contributed by atoms with Crippen molar-refractivity contribution >= 4 is 34.0 Å². The lowest BCUT2D eigenvalue weighted by Crippen LogP contribution is -2.28. The Hall–Kier alpha value is -3.45. The van der Waals surface area contributed by atoms with E-state index in [4.69, 9.17) is 9.47 Å². The van der Waals surface area contributed by atoms with Gasteiger partial charge in [-0.25, -0.2) is 4.79 Å². The normalized spacial score (nSPS) is 10.8. The van der Waals surface area contributed by atoms with Crippen LogP contribution in [0.2, 0.25) is 0 Å². The van der Waals surface area contributed by atoms with E-state index < -0.39 is 0 Å². The van der Waals surface area contributed by atoms with E-state index in [2.05, 4.69) is 45.8 Å². The van der Waals surface area contributed by atoms with Gasteiger partial charge in [0.1, 0.15) is 11.5 Å². The van der Waals surface area contributed by atoms with Crippen LogP contribution in [0.3, 0.4) is 0 Å². The van der Waals surface area contributed by atoms with E-state index in [1.165, 1.54) is 4.88 Å². The molecule has 6 nitrogen and oxygen atoms in total. The van der Waals surface area contributed by atoms with Crippen LogP contribution >= 0.6 is 11.3 Å². The standard InChI is InChI=1S/C23H23N3O3S/c1-26-20-8-5-4-7-18(20)19(22(26)21-9-6-10-30-21)14-24-23(27)25-15-11-16(28-2)13-17(12-15)29-3/h4-13H,14H2,1-3H3,(H2,24,25,27). The van der Waals surface area contributed by atoms with Gasteiger partial charge in [-0.15, -0.1) is 11.3 Å². The summed E-state index contributed by atoms with van der Waals surface area (Å²) >= 11 is 1.69. The fourth-order valence-electron chi connectivity index (χ4n) is 3.60. The summed E-state index contributed by atoms with van der Waals surface area (Å²) in [5, 5.41) is 9.04. The minimum absolute atomic E-state index is 0.296. The third-order valence-electron chi connectivity index (χ3n) is 5.00. The molecule has 0 saturated carbocycles. The van der Waals surface area contributed by atoms with Crippen LogP contribution in [0.15, 0.2) is 60.0 Å². The van der Waals surface area contributed by atoms with E-state index in [-0.39, 0.29) is 6.03 Å². The molecule has 7 heteroatoms. The third-order valence-corrected chi connectivity index (χ3v) is 5.88. The molecule has 2 N–H and O–H groups in total. The van der Waals surface area contributed by atoms with Gasteiger partial charge in [-0.1, -0.05) is 24.3 Å². The minimum atomic E-state index is -0.296. The molecular weight excluding hydrogens is 398 g/mol. The number of anilines is 1. The molecule has 2 aromatic carbocycles. The van der Waals surface area contributed by atoms with Crippen molar-refractivity contribution in [3.63, 3.8) is 0 Å². The summed E-state index contributed by atoms with van der Waals surface area (Å²) < 4.78 is 12.7. The summed E-state index contributed by atoms with van der Waals surface area (Å²) in [6.45, 7) is 0.404. The van der Waals surface area contributed by atoms with Gasteiger partial charge in [0.2, 0.25) is 0 Å². The van der Waals surface area contributed by atoms with E-state index in [9.17, 15) is 4.79 Å². The number of hydrogen-bond donors (Lipinski definition) is 2. The number of thiophene rings is 1. The average Bonchev–Trinajstić information content (AvgIpc) is 3.38. The van der Waals surface area contributed by atoms with E-state index in [0.29, 0.717) is 23.7 Å². The van der Waals surface area contributed by atoms with Crippen LogP contribution in [0, 0.1) is 0 Å². The van der Waals surface area contributed by atoms with E-state index in [1.807, 2.05) is 18.2 Å². The number of carbonyl (C=O) groups is 1. The maximum absolute atomic E-state index is 12.6. The minimum Gasteiger partial charge on any atom is -0.497 e. The van der Waals surface area contributed by atoms with Crippen molar-refractivity contribution in [2.24, 2.45) is 7.05 Å². The summed E-state index contributed by atoms with van der Waals surface area (Å²) in [5.74, 6) is 1.22. The van der Waals surface area contributed by atoms with Gasteiger partial charge in [0.05, 0.1) is 24.8 Å². The van der Waals surface area contributed by atoms with Gasteiger partial charge in [0.25, 0.3) is 0 Å². The van der Waals surface area contributed by atoms with Gasteiger partial charge in [-0.3, -0.25) is 0 Å². The first kappa shape index (κ1) is 19.8. The third kappa shape index (κ3) is 3.84. The van der Waals surface area contributed by atoms with Gasteiger partial charge in [-0.05, 0) is 17.5 Å². The van der Waals surface area contributed by atoms with Crippen molar-refractivity contribution < 1.29 is 14.3 Å². The molecule has 4 aromatic rings. The SMILES string of the molecule is COc1cc(NC(=O)NCc2c(-c3cccs3)n(C)c3ccccc23)cc(OC)c1. The molecule has 0 saturated heterocycles. The molecule has 2 amide bonds. The van der Waals surface area contributed by atoms with Gasteiger partial charge < -0.3 is 24.7 Å². The van der Waals surface area contributed by atoms with E-state index >= 15 is 0 Å². The van der Waals surface area contributed by atoms with Crippen LogP contribution in [0.25, 0.3) is 21.5 Å². The van der Waals surface area contributed by atoms with Crippen molar-refractivity contribution in [1.82, 2.24) is 9.88 Å². The molecular formula is C23H23N3O3S. The Balaban J connectivity index is 1.58. The van der Waals surface area contributed by atoms with Crippen LogP contribution in [0.5, 0.6) is 11.5 Å². The highest BCUT2D eigenvalue weighted by atomic mass is 32.1. The summed E-state index contributed by atoms with van der Waals surface area (Å²) in [6, 6.07) is 17.3. The van der Waals surface area contributed by atoms with Crippen molar-refractivity contribution in [3.05, 3.63) is 65.5 Å². The first-order valence-electron chi connectivity index (χ1n) is 9.48. The highest BCUT2D eigenvalue weighted by Gasteiger charge is 2.18. The number of hydrogen-bond acceptors (Lipinski definition) is 4. The zero-order chi connectivity index (χ0) is 21.1. The fraction of sp³-hybridized carbons (Fsp3) is 0.174. The molecule has 154 valence electrons. The van der Waals surface area contributed by atoms with Crippen molar-refractivity contribution in [1.29, 1.82) is 0 Å². The highest BCUT2D eigenvalue weighted by Crippen LogP contribution is 2.35. The number of carbonyl (C=O) groups excluding carboxylic acids is 1. The zero-order valence-corrected chi connectivity index (χ0v) is 17.9. The molecule has 0 aliphatic rings. The van der Waals surface area contributed by atoms with Crippen LogP contribution in [-0.2, 0) is 13.6 Å². The van der Waals surface area contributed by atoms with Gasteiger partial charge in [-0.2, -0.15) is 0 Å². The molecule has 2 heterocycles.